The van der Waals surface area contributed by atoms with Gasteiger partial charge in [0.25, 0.3) is 5.91 Å². The number of hydrogen-bond acceptors (Lipinski definition) is 4. The number of benzene rings is 2. The molecule has 166 valence electrons. The first-order valence-corrected chi connectivity index (χ1v) is 11.3. The van der Waals surface area contributed by atoms with E-state index in [0.717, 1.165) is 67.8 Å². The molecule has 5 heteroatoms. The molecule has 31 heavy (non-hydrogen) atoms. The maximum absolute atomic E-state index is 13.0. The van der Waals surface area contributed by atoms with Gasteiger partial charge in [-0.05, 0) is 57.4 Å². The van der Waals surface area contributed by atoms with E-state index in [1.54, 1.807) is 0 Å². The smallest absolute Gasteiger partial charge is 0.253 e. The highest BCUT2D eigenvalue weighted by molar-refractivity contribution is 5.94. The second kappa shape index (κ2) is 9.84. The van der Waals surface area contributed by atoms with E-state index in [1.807, 2.05) is 61.2 Å². The van der Waals surface area contributed by atoms with Crippen LogP contribution in [0.4, 0.5) is 0 Å². The molecule has 1 unspecified atom stereocenters. The van der Waals surface area contributed by atoms with Crippen molar-refractivity contribution < 1.29 is 19.0 Å². The highest BCUT2D eigenvalue weighted by Gasteiger charge is 2.41. The van der Waals surface area contributed by atoms with Gasteiger partial charge >= 0.3 is 0 Å². The highest BCUT2D eigenvalue weighted by atomic mass is 16.5. The van der Waals surface area contributed by atoms with Gasteiger partial charge in [-0.3, -0.25) is 4.79 Å². The molecule has 0 saturated carbocycles. The van der Waals surface area contributed by atoms with Crippen molar-refractivity contribution in [3.63, 3.8) is 0 Å². The van der Waals surface area contributed by atoms with Gasteiger partial charge in [0, 0.05) is 31.7 Å². The fourth-order valence-corrected chi connectivity index (χ4v) is 4.76. The van der Waals surface area contributed by atoms with E-state index in [0.29, 0.717) is 13.2 Å². The number of rotatable bonds is 6. The van der Waals surface area contributed by atoms with Gasteiger partial charge in [0.15, 0.2) is 0 Å². The highest BCUT2D eigenvalue weighted by Crippen LogP contribution is 2.36. The molecular formula is C26H33NO4. The molecule has 2 aliphatic rings. The minimum atomic E-state index is -0.164. The largest absolute Gasteiger partial charge is 0.491 e. The van der Waals surface area contributed by atoms with Crippen LogP contribution >= 0.6 is 0 Å². The summed E-state index contributed by atoms with van der Waals surface area (Å²) < 4.78 is 18.1. The molecule has 0 aliphatic carbocycles. The number of amides is 1. The molecule has 0 N–H and O–H groups in total. The average molecular weight is 424 g/mol. The number of hydrogen-bond donors (Lipinski definition) is 0. The third-order valence-electron chi connectivity index (χ3n) is 6.33. The summed E-state index contributed by atoms with van der Waals surface area (Å²) in [6, 6.07) is 15.9. The number of piperidine rings is 1. The molecular weight excluding hydrogens is 390 g/mol. The Bertz CT molecular complexity index is 854. The van der Waals surface area contributed by atoms with E-state index in [-0.39, 0.29) is 17.6 Å². The van der Waals surface area contributed by atoms with Crippen molar-refractivity contribution in [1.82, 2.24) is 4.90 Å². The molecule has 0 bridgehead atoms. The van der Waals surface area contributed by atoms with Crippen LogP contribution in [0.2, 0.25) is 0 Å². The number of carbonyl (C=O) groups is 1. The summed E-state index contributed by atoms with van der Waals surface area (Å²) in [4.78, 5) is 15.0. The van der Waals surface area contributed by atoms with Gasteiger partial charge in [-0.25, -0.2) is 0 Å². The van der Waals surface area contributed by atoms with E-state index >= 15 is 0 Å². The number of nitrogens with zero attached hydrogens (tertiary/aromatic N) is 1. The van der Waals surface area contributed by atoms with Gasteiger partial charge in [-0.1, -0.05) is 35.4 Å². The summed E-state index contributed by atoms with van der Waals surface area (Å²) in [6.45, 7) is 7.38. The van der Waals surface area contributed by atoms with Gasteiger partial charge in [0.05, 0.1) is 18.3 Å². The summed E-state index contributed by atoms with van der Waals surface area (Å²) in [7, 11) is 0. The van der Waals surface area contributed by atoms with Crippen molar-refractivity contribution >= 4 is 5.91 Å². The first-order valence-electron chi connectivity index (χ1n) is 11.3. The molecule has 2 aromatic rings. The summed E-state index contributed by atoms with van der Waals surface area (Å²) in [5.41, 5.74) is 2.88. The molecule has 0 radical (unpaired) electrons. The molecule has 1 atom stereocenters. The van der Waals surface area contributed by atoms with E-state index in [1.165, 1.54) is 0 Å². The van der Waals surface area contributed by atoms with Crippen molar-refractivity contribution in [2.24, 2.45) is 0 Å². The van der Waals surface area contributed by atoms with Crippen LogP contribution in [-0.2, 0) is 9.47 Å². The third-order valence-corrected chi connectivity index (χ3v) is 6.33. The fourth-order valence-electron chi connectivity index (χ4n) is 4.76. The quantitative estimate of drug-likeness (QED) is 0.640. The number of ether oxygens (including phenoxy) is 3. The van der Waals surface area contributed by atoms with Crippen molar-refractivity contribution in [2.75, 3.05) is 32.9 Å². The Kier molecular flexibility index (Phi) is 6.93. The molecule has 0 aromatic heterocycles. The normalized spacial score (nSPS) is 20.6. The second-order valence-electron chi connectivity index (χ2n) is 8.85. The lowest BCUT2D eigenvalue weighted by Gasteiger charge is -2.46. The third kappa shape index (κ3) is 5.66. The summed E-state index contributed by atoms with van der Waals surface area (Å²) in [5.74, 6) is 0.999. The van der Waals surface area contributed by atoms with E-state index in [4.69, 9.17) is 14.2 Å². The molecule has 5 nitrogen and oxygen atoms in total. The van der Waals surface area contributed by atoms with Gasteiger partial charge in [0.2, 0.25) is 0 Å². The lowest BCUT2D eigenvalue weighted by molar-refractivity contribution is -0.153. The number of carbonyl (C=O) groups excluding carboxylic acids is 1. The minimum absolute atomic E-state index is 0.128. The van der Waals surface area contributed by atoms with Crippen LogP contribution in [0.15, 0.2) is 48.5 Å². The Labute approximate surface area is 185 Å². The average Bonchev–Trinajstić information content (AvgIpc) is 2.77. The van der Waals surface area contributed by atoms with Crippen LogP contribution < -0.4 is 4.74 Å². The first kappa shape index (κ1) is 21.8. The maximum Gasteiger partial charge on any atom is 0.253 e. The van der Waals surface area contributed by atoms with E-state index in [2.05, 4.69) is 6.07 Å². The van der Waals surface area contributed by atoms with Crippen LogP contribution in [0.25, 0.3) is 0 Å². The fraction of sp³-hybridized carbons (Fsp3) is 0.500. The summed E-state index contributed by atoms with van der Waals surface area (Å²) in [6.07, 6.45) is 3.73. The molecule has 2 fully saturated rings. The van der Waals surface area contributed by atoms with Gasteiger partial charge in [-0.2, -0.15) is 0 Å². The van der Waals surface area contributed by atoms with Gasteiger partial charge in [0.1, 0.15) is 12.4 Å². The monoisotopic (exact) mass is 423 g/mol. The lowest BCUT2D eigenvalue weighted by atomic mass is 9.83. The first-order chi connectivity index (χ1) is 15.0. The molecule has 1 spiro atoms. The van der Waals surface area contributed by atoms with Crippen molar-refractivity contribution in [3.8, 4) is 5.75 Å². The molecule has 2 saturated heterocycles. The molecule has 2 aliphatic heterocycles. The zero-order valence-corrected chi connectivity index (χ0v) is 18.6. The van der Waals surface area contributed by atoms with Crippen LogP contribution in [0.5, 0.6) is 5.75 Å². The predicted molar refractivity (Wildman–Crippen MR) is 121 cm³/mol. The summed E-state index contributed by atoms with van der Waals surface area (Å²) in [5, 5.41) is 0. The van der Waals surface area contributed by atoms with Crippen LogP contribution in [-0.4, -0.2) is 55.4 Å². The van der Waals surface area contributed by atoms with Crippen LogP contribution in [0, 0.1) is 13.8 Å². The van der Waals surface area contributed by atoms with Crippen molar-refractivity contribution in [1.29, 1.82) is 0 Å². The zero-order valence-electron chi connectivity index (χ0n) is 18.6. The van der Waals surface area contributed by atoms with Gasteiger partial charge in [-0.15, -0.1) is 0 Å². The Morgan fingerprint density at radius 2 is 1.77 bits per heavy atom. The molecule has 2 heterocycles. The van der Waals surface area contributed by atoms with Crippen molar-refractivity contribution in [2.45, 2.75) is 51.2 Å². The molecule has 1 amide bonds. The van der Waals surface area contributed by atoms with E-state index < -0.39 is 0 Å². The summed E-state index contributed by atoms with van der Waals surface area (Å²) >= 11 is 0. The number of para-hydroxylation sites is 1. The number of likely N-dealkylation sites (tertiary alicyclic amines) is 1. The Hall–Kier alpha value is -2.37. The SMILES string of the molecule is Cc1cc(C)cc(C(=O)N2CCC3(CC2)CC(OCCOc2ccccc2)CCO3)c1. The Balaban J connectivity index is 1.25. The standard InChI is InChI=1S/C26H33NO4/c1-20-16-21(2)18-22(17-20)25(28)27-11-9-26(10-12-27)19-24(8-13-31-26)30-15-14-29-23-6-4-3-5-7-23/h3-7,16-18,24H,8-15,19H2,1-2H3. The Morgan fingerprint density at radius 3 is 2.48 bits per heavy atom. The predicted octanol–water partition coefficient (Wildman–Crippen LogP) is 4.55. The molecule has 2 aromatic carbocycles. The lowest BCUT2D eigenvalue weighted by Crippen LogP contribution is -2.52. The maximum atomic E-state index is 13.0. The molecule has 4 rings (SSSR count). The Morgan fingerprint density at radius 1 is 1.06 bits per heavy atom. The van der Waals surface area contributed by atoms with Crippen LogP contribution in [0.3, 0.4) is 0 Å². The van der Waals surface area contributed by atoms with Crippen LogP contribution in [0.1, 0.15) is 47.2 Å². The minimum Gasteiger partial charge on any atom is -0.491 e. The topological polar surface area (TPSA) is 48.0 Å². The van der Waals surface area contributed by atoms with Gasteiger partial charge < -0.3 is 19.1 Å². The zero-order chi connectivity index (χ0) is 21.7. The van der Waals surface area contributed by atoms with E-state index in [9.17, 15) is 4.79 Å². The van der Waals surface area contributed by atoms with Crippen molar-refractivity contribution in [3.05, 3.63) is 65.2 Å². The second-order valence-corrected chi connectivity index (χ2v) is 8.85. The number of aryl methyl sites for hydroxylation is 2.